The van der Waals surface area contributed by atoms with E-state index in [2.05, 4.69) is 18.3 Å². The molecule has 1 aliphatic carbocycles. The number of carbonyl (C=O) groups is 1. The van der Waals surface area contributed by atoms with E-state index in [1.165, 1.54) is 12.1 Å². The summed E-state index contributed by atoms with van der Waals surface area (Å²) in [6.07, 6.45) is 1.45. The van der Waals surface area contributed by atoms with Crippen molar-refractivity contribution in [1.29, 1.82) is 0 Å². The van der Waals surface area contributed by atoms with Crippen molar-refractivity contribution in [3.63, 3.8) is 0 Å². The molecule has 0 fully saturated rings. The summed E-state index contributed by atoms with van der Waals surface area (Å²) < 4.78 is 13.3. The Kier molecular flexibility index (Phi) is 3.93. The van der Waals surface area contributed by atoms with Gasteiger partial charge in [0.25, 0.3) is 0 Å². The summed E-state index contributed by atoms with van der Waals surface area (Å²) in [5.41, 5.74) is 3.88. The fourth-order valence-electron chi connectivity index (χ4n) is 3.44. The standard InChI is InChI=1S/C20H18FNOS/c1-12-10-16-19(17(23)11-12)20(13-6-8-14(21)9-7-13)24-18-5-3-2-4-15(18)22-16/h2-9,12,20,22H,10-11H2,1H3/t12-,20-/m0/s1. The van der Waals surface area contributed by atoms with E-state index in [-0.39, 0.29) is 16.9 Å². The lowest BCUT2D eigenvalue weighted by atomic mass is 9.84. The van der Waals surface area contributed by atoms with Crippen LogP contribution in [0.15, 0.2) is 64.7 Å². The van der Waals surface area contributed by atoms with Crippen LogP contribution in [0.5, 0.6) is 0 Å². The number of para-hydroxylation sites is 1. The zero-order valence-electron chi connectivity index (χ0n) is 13.4. The minimum atomic E-state index is -0.256. The SMILES string of the molecule is C[C@@H]1CC(=O)C2=C(C1)Nc1ccccc1S[C@H]2c1ccc(F)cc1. The van der Waals surface area contributed by atoms with Crippen molar-refractivity contribution in [3.05, 3.63) is 71.2 Å². The highest BCUT2D eigenvalue weighted by Crippen LogP contribution is 2.49. The molecule has 122 valence electrons. The van der Waals surface area contributed by atoms with Gasteiger partial charge in [-0.2, -0.15) is 0 Å². The van der Waals surface area contributed by atoms with E-state index in [4.69, 9.17) is 0 Å². The van der Waals surface area contributed by atoms with Crippen LogP contribution in [-0.2, 0) is 4.79 Å². The van der Waals surface area contributed by atoms with Crippen LogP contribution in [0.25, 0.3) is 0 Å². The van der Waals surface area contributed by atoms with E-state index < -0.39 is 0 Å². The normalized spacial score (nSPS) is 23.2. The molecule has 0 saturated carbocycles. The second-order valence-corrected chi connectivity index (χ2v) is 7.65. The average Bonchev–Trinajstić information content (AvgIpc) is 2.72. The Balaban J connectivity index is 1.87. The summed E-state index contributed by atoms with van der Waals surface area (Å²) >= 11 is 1.66. The molecule has 2 aromatic rings. The van der Waals surface area contributed by atoms with E-state index in [9.17, 15) is 9.18 Å². The van der Waals surface area contributed by atoms with Crippen molar-refractivity contribution in [2.24, 2.45) is 5.92 Å². The van der Waals surface area contributed by atoms with Gasteiger partial charge in [0.2, 0.25) is 0 Å². The Bertz CT molecular complexity index is 828. The van der Waals surface area contributed by atoms with Crippen molar-refractivity contribution in [2.75, 3.05) is 5.32 Å². The lowest BCUT2D eigenvalue weighted by Gasteiger charge is -2.27. The second-order valence-electron chi connectivity index (χ2n) is 6.50. The van der Waals surface area contributed by atoms with Gasteiger partial charge in [-0.1, -0.05) is 31.2 Å². The van der Waals surface area contributed by atoms with Crippen molar-refractivity contribution in [2.45, 2.75) is 29.9 Å². The molecule has 0 radical (unpaired) electrons. The maximum Gasteiger partial charge on any atom is 0.162 e. The number of anilines is 1. The molecular weight excluding hydrogens is 321 g/mol. The van der Waals surface area contributed by atoms with Crippen molar-refractivity contribution in [3.8, 4) is 0 Å². The minimum Gasteiger partial charge on any atom is -0.358 e. The van der Waals surface area contributed by atoms with E-state index >= 15 is 0 Å². The third-order valence-corrected chi connectivity index (χ3v) is 5.92. The number of ketones is 1. The van der Waals surface area contributed by atoms with Crippen LogP contribution in [0.1, 0.15) is 30.6 Å². The van der Waals surface area contributed by atoms with E-state index in [0.29, 0.717) is 12.3 Å². The fourth-order valence-corrected chi connectivity index (χ4v) is 4.78. The summed E-state index contributed by atoms with van der Waals surface area (Å²) in [4.78, 5) is 13.9. The molecule has 0 unspecified atom stereocenters. The van der Waals surface area contributed by atoms with Gasteiger partial charge in [0.05, 0.1) is 10.9 Å². The van der Waals surface area contributed by atoms with E-state index in [1.54, 1.807) is 23.9 Å². The van der Waals surface area contributed by atoms with Crippen molar-refractivity contribution >= 4 is 23.2 Å². The number of rotatable bonds is 1. The molecule has 0 amide bonds. The number of halogens is 1. The summed E-state index contributed by atoms with van der Waals surface area (Å²) in [7, 11) is 0. The van der Waals surface area contributed by atoms with Crippen LogP contribution in [0.4, 0.5) is 10.1 Å². The van der Waals surface area contributed by atoms with Crippen molar-refractivity contribution in [1.82, 2.24) is 0 Å². The number of hydrogen-bond acceptors (Lipinski definition) is 3. The molecule has 4 rings (SSSR count). The van der Waals surface area contributed by atoms with Crippen molar-refractivity contribution < 1.29 is 9.18 Å². The maximum atomic E-state index is 13.3. The molecule has 0 saturated heterocycles. The molecule has 1 heterocycles. The minimum absolute atomic E-state index is 0.100. The molecule has 2 nitrogen and oxygen atoms in total. The first-order valence-corrected chi connectivity index (χ1v) is 9.04. The first-order chi connectivity index (χ1) is 11.6. The smallest absolute Gasteiger partial charge is 0.162 e. The van der Waals surface area contributed by atoms with Crippen LogP contribution in [-0.4, -0.2) is 5.78 Å². The van der Waals surface area contributed by atoms with Crippen LogP contribution in [0.2, 0.25) is 0 Å². The van der Waals surface area contributed by atoms with Gasteiger partial charge in [0.1, 0.15) is 5.82 Å². The molecule has 24 heavy (non-hydrogen) atoms. The molecule has 1 aliphatic heterocycles. The molecule has 2 aliphatic rings. The molecule has 0 spiro atoms. The number of carbonyl (C=O) groups excluding carboxylic acids is 1. The number of Topliss-reactive ketones (excluding diaryl/α,β-unsaturated/α-hetero) is 1. The lowest BCUT2D eigenvalue weighted by molar-refractivity contribution is -0.116. The molecule has 2 aromatic carbocycles. The van der Waals surface area contributed by atoms with Gasteiger partial charge in [-0.15, -0.1) is 11.8 Å². The Morgan fingerprint density at radius 2 is 1.83 bits per heavy atom. The number of fused-ring (bicyclic) bond motifs is 1. The Labute approximate surface area is 145 Å². The van der Waals surface area contributed by atoms with E-state index in [0.717, 1.165) is 33.8 Å². The predicted molar refractivity (Wildman–Crippen MR) is 95.5 cm³/mol. The van der Waals surface area contributed by atoms with Gasteiger partial charge in [0, 0.05) is 22.6 Å². The highest BCUT2D eigenvalue weighted by atomic mass is 32.2. The predicted octanol–water partition coefficient (Wildman–Crippen LogP) is 5.34. The molecular formula is C20H18FNOS. The lowest BCUT2D eigenvalue weighted by Crippen LogP contribution is -2.23. The number of nitrogens with one attached hydrogen (secondary N) is 1. The highest BCUT2D eigenvalue weighted by molar-refractivity contribution is 8.00. The van der Waals surface area contributed by atoms with E-state index in [1.807, 2.05) is 18.2 Å². The van der Waals surface area contributed by atoms with Gasteiger partial charge >= 0.3 is 0 Å². The van der Waals surface area contributed by atoms with Gasteiger partial charge < -0.3 is 5.32 Å². The molecule has 0 aromatic heterocycles. The summed E-state index contributed by atoms with van der Waals surface area (Å²) in [6.45, 7) is 2.11. The first-order valence-electron chi connectivity index (χ1n) is 8.16. The zero-order chi connectivity index (χ0) is 16.7. The average molecular weight is 339 g/mol. The Morgan fingerprint density at radius 1 is 1.08 bits per heavy atom. The molecule has 1 N–H and O–H groups in total. The largest absolute Gasteiger partial charge is 0.358 e. The third-order valence-electron chi connectivity index (χ3n) is 4.56. The van der Waals surface area contributed by atoms with Gasteiger partial charge in [0.15, 0.2) is 5.78 Å². The second kappa shape index (κ2) is 6.10. The Hall–Kier alpha value is -2.07. The van der Waals surface area contributed by atoms with Crippen LogP contribution < -0.4 is 5.32 Å². The van der Waals surface area contributed by atoms with Crippen LogP contribution in [0.3, 0.4) is 0 Å². The quantitative estimate of drug-likeness (QED) is 0.760. The van der Waals surface area contributed by atoms with Gasteiger partial charge in [-0.05, 0) is 42.2 Å². The number of allylic oxidation sites excluding steroid dienone is 1. The Morgan fingerprint density at radius 3 is 2.62 bits per heavy atom. The fraction of sp³-hybridized carbons (Fsp3) is 0.250. The summed E-state index contributed by atoms with van der Waals surface area (Å²) in [5.74, 6) is 0.285. The maximum absolute atomic E-state index is 13.3. The topological polar surface area (TPSA) is 29.1 Å². The van der Waals surface area contributed by atoms with Gasteiger partial charge in [-0.3, -0.25) is 4.79 Å². The van der Waals surface area contributed by atoms with Crippen LogP contribution >= 0.6 is 11.8 Å². The zero-order valence-corrected chi connectivity index (χ0v) is 14.2. The number of hydrogen-bond donors (Lipinski definition) is 1. The summed E-state index contributed by atoms with van der Waals surface area (Å²) in [5, 5.41) is 3.40. The number of benzene rings is 2. The third kappa shape index (κ3) is 2.75. The van der Waals surface area contributed by atoms with Crippen LogP contribution in [0, 0.1) is 11.7 Å². The monoisotopic (exact) mass is 339 g/mol. The highest BCUT2D eigenvalue weighted by Gasteiger charge is 2.34. The molecule has 4 heteroatoms. The first kappa shape index (κ1) is 15.5. The summed E-state index contributed by atoms with van der Waals surface area (Å²) in [6, 6.07) is 14.6. The number of thioether (sulfide) groups is 1. The van der Waals surface area contributed by atoms with Gasteiger partial charge in [-0.25, -0.2) is 4.39 Å². The molecule has 2 atom stereocenters. The molecule has 0 bridgehead atoms.